The largest absolute Gasteiger partial charge is 0.354 e. The Labute approximate surface area is 122 Å². The van der Waals surface area contributed by atoms with Gasteiger partial charge in [0.25, 0.3) is 0 Å². The third kappa shape index (κ3) is 3.02. The van der Waals surface area contributed by atoms with Crippen molar-refractivity contribution in [3.05, 3.63) is 17.3 Å². The summed E-state index contributed by atoms with van der Waals surface area (Å²) < 4.78 is 2.03. The van der Waals surface area contributed by atoms with Gasteiger partial charge in [-0.3, -0.25) is 4.40 Å². The molecule has 0 spiro atoms. The summed E-state index contributed by atoms with van der Waals surface area (Å²) in [6, 6.07) is 2.20. The van der Waals surface area contributed by atoms with Crippen LogP contribution in [0.4, 0.5) is 5.82 Å². The quantitative estimate of drug-likeness (QED) is 0.766. The number of nitrogens with zero attached hydrogens (tertiary/aromatic N) is 4. The van der Waals surface area contributed by atoms with Crippen LogP contribution in [0.5, 0.6) is 0 Å². The van der Waals surface area contributed by atoms with Crippen molar-refractivity contribution >= 4 is 33.7 Å². The van der Waals surface area contributed by atoms with Gasteiger partial charge < -0.3 is 4.90 Å². The van der Waals surface area contributed by atoms with Gasteiger partial charge in [0, 0.05) is 24.7 Å². The Hall–Kier alpha value is -1.25. The second-order valence-electron chi connectivity index (χ2n) is 4.82. The fourth-order valence-corrected chi connectivity index (χ4v) is 3.08. The number of thiazole rings is 1. The zero-order chi connectivity index (χ0) is 13.8. The molecule has 0 N–H and O–H groups in total. The van der Waals surface area contributed by atoms with Crippen molar-refractivity contribution in [2.24, 2.45) is 5.92 Å². The van der Waals surface area contributed by atoms with E-state index in [1.807, 2.05) is 16.0 Å². The fourth-order valence-electron chi connectivity index (χ4n) is 2.11. The molecule has 6 heteroatoms. The van der Waals surface area contributed by atoms with Gasteiger partial charge in [0.1, 0.15) is 0 Å². The van der Waals surface area contributed by atoms with E-state index in [9.17, 15) is 0 Å². The molecule has 4 nitrogen and oxygen atoms in total. The normalized spacial score (nSPS) is 11.1. The van der Waals surface area contributed by atoms with Crippen molar-refractivity contribution in [2.75, 3.05) is 18.0 Å². The van der Waals surface area contributed by atoms with Crippen molar-refractivity contribution in [1.82, 2.24) is 9.38 Å². The monoisotopic (exact) mass is 296 g/mol. The van der Waals surface area contributed by atoms with E-state index in [-0.39, 0.29) is 0 Å². The van der Waals surface area contributed by atoms with Gasteiger partial charge in [-0.15, -0.1) is 22.9 Å². The predicted molar refractivity (Wildman–Crippen MR) is 79.9 cm³/mol. The van der Waals surface area contributed by atoms with E-state index in [4.69, 9.17) is 16.9 Å². The van der Waals surface area contributed by atoms with Gasteiger partial charge in [0.2, 0.25) is 0 Å². The summed E-state index contributed by atoms with van der Waals surface area (Å²) in [6.45, 7) is 5.91. The first-order valence-electron chi connectivity index (χ1n) is 6.29. The number of aromatic nitrogens is 2. The van der Waals surface area contributed by atoms with Crippen molar-refractivity contribution in [3.8, 4) is 6.07 Å². The van der Waals surface area contributed by atoms with Crippen LogP contribution in [0.1, 0.15) is 26.0 Å². The average Bonchev–Trinajstić information content (AvgIpc) is 2.93. The van der Waals surface area contributed by atoms with Crippen LogP contribution in [-0.4, -0.2) is 22.5 Å². The van der Waals surface area contributed by atoms with Crippen LogP contribution in [0.15, 0.2) is 11.6 Å². The molecule has 0 bridgehead atoms. The van der Waals surface area contributed by atoms with Gasteiger partial charge in [0.15, 0.2) is 10.8 Å². The van der Waals surface area contributed by atoms with Crippen molar-refractivity contribution < 1.29 is 0 Å². The molecule has 2 aromatic heterocycles. The van der Waals surface area contributed by atoms with E-state index in [0.29, 0.717) is 24.8 Å². The van der Waals surface area contributed by atoms with E-state index in [0.717, 1.165) is 23.0 Å². The van der Waals surface area contributed by atoms with Gasteiger partial charge in [-0.05, 0) is 5.92 Å². The Morgan fingerprint density at radius 2 is 2.37 bits per heavy atom. The molecule has 2 rings (SSSR count). The molecule has 19 heavy (non-hydrogen) atoms. The van der Waals surface area contributed by atoms with Gasteiger partial charge in [0.05, 0.1) is 24.1 Å². The Bertz CT molecular complexity index is 581. The van der Waals surface area contributed by atoms with Crippen molar-refractivity contribution in [3.63, 3.8) is 0 Å². The van der Waals surface area contributed by atoms with Crippen LogP contribution in [-0.2, 0) is 5.88 Å². The van der Waals surface area contributed by atoms with E-state index in [1.165, 1.54) is 0 Å². The fraction of sp³-hybridized carbons (Fsp3) is 0.538. The molecule has 0 saturated heterocycles. The predicted octanol–water partition coefficient (Wildman–Crippen LogP) is 3.51. The van der Waals surface area contributed by atoms with Crippen LogP contribution in [0.25, 0.3) is 4.96 Å². The first kappa shape index (κ1) is 14.2. The Morgan fingerprint density at radius 3 is 3.00 bits per heavy atom. The summed E-state index contributed by atoms with van der Waals surface area (Å²) in [5.41, 5.74) is 1.01. The van der Waals surface area contributed by atoms with E-state index >= 15 is 0 Å². The van der Waals surface area contributed by atoms with Gasteiger partial charge in [-0.1, -0.05) is 13.8 Å². The van der Waals surface area contributed by atoms with Gasteiger partial charge in [-0.25, -0.2) is 4.98 Å². The number of alkyl halides is 1. The van der Waals surface area contributed by atoms with Crippen molar-refractivity contribution in [2.45, 2.75) is 26.1 Å². The molecule has 0 fully saturated rings. The maximum Gasteiger partial charge on any atom is 0.195 e. The molecule has 0 aliphatic heterocycles. The third-order valence-corrected chi connectivity index (χ3v) is 3.85. The minimum Gasteiger partial charge on any atom is -0.354 e. The lowest BCUT2D eigenvalue weighted by molar-refractivity contribution is 0.607. The summed E-state index contributed by atoms with van der Waals surface area (Å²) in [5, 5.41) is 10.8. The number of hydrogen-bond donors (Lipinski definition) is 0. The number of imidazole rings is 1. The third-order valence-electron chi connectivity index (χ3n) is 2.85. The summed E-state index contributed by atoms with van der Waals surface area (Å²) in [4.78, 5) is 7.79. The highest BCUT2D eigenvalue weighted by molar-refractivity contribution is 7.15. The molecule has 0 unspecified atom stereocenters. The molecule has 0 aromatic carbocycles. The van der Waals surface area contributed by atoms with E-state index in [2.05, 4.69) is 29.8 Å². The minimum atomic E-state index is 0.425. The lowest BCUT2D eigenvalue weighted by Gasteiger charge is -2.24. The first-order chi connectivity index (χ1) is 9.17. The summed E-state index contributed by atoms with van der Waals surface area (Å²) >= 11 is 7.68. The Kier molecular flexibility index (Phi) is 4.67. The number of hydrogen-bond acceptors (Lipinski definition) is 4. The number of halogens is 1. The number of rotatable bonds is 6. The molecule has 102 valence electrons. The lowest BCUT2D eigenvalue weighted by Crippen LogP contribution is -2.29. The number of fused-ring (bicyclic) bond motifs is 1. The molecule has 0 amide bonds. The molecule has 0 aliphatic rings. The maximum absolute atomic E-state index is 8.80. The van der Waals surface area contributed by atoms with Crippen LogP contribution >= 0.6 is 22.9 Å². The number of nitriles is 1. The molecular formula is C13H17ClN4S. The second kappa shape index (κ2) is 6.27. The molecule has 0 radical (unpaired) electrons. The average molecular weight is 297 g/mol. The van der Waals surface area contributed by atoms with E-state index < -0.39 is 0 Å². The Morgan fingerprint density at radius 1 is 1.58 bits per heavy atom. The standard InChI is InChI=1S/C13H17ClN4S/c1-10(2)9-17(5-3-4-15)12-11(8-14)18-6-7-19-13(18)16-12/h6-7,10H,3,5,8-9H2,1-2H3. The summed E-state index contributed by atoms with van der Waals surface area (Å²) in [7, 11) is 0. The molecule has 0 saturated carbocycles. The number of anilines is 1. The zero-order valence-corrected chi connectivity index (χ0v) is 12.7. The SMILES string of the molecule is CC(C)CN(CCC#N)c1nc2sccn2c1CCl. The van der Waals surface area contributed by atoms with Crippen LogP contribution in [0.3, 0.4) is 0 Å². The van der Waals surface area contributed by atoms with Crippen LogP contribution in [0, 0.1) is 17.2 Å². The Balaban J connectivity index is 2.36. The van der Waals surface area contributed by atoms with Gasteiger partial charge in [-0.2, -0.15) is 5.26 Å². The highest BCUT2D eigenvalue weighted by Crippen LogP contribution is 2.26. The molecule has 2 aromatic rings. The van der Waals surface area contributed by atoms with Crippen LogP contribution < -0.4 is 4.90 Å². The zero-order valence-electron chi connectivity index (χ0n) is 11.1. The highest BCUT2D eigenvalue weighted by atomic mass is 35.5. The van der Waals surface area contributed by atoms with Crippen molar-refractivity contribution in [1.29, 1.82) is 5.26 Å². The maximum atomic E-state index is 8.80. The molecule has 2 heterocycles. The topological polar surface area (TPSA) is 44.3 Å². The van der Waals surface area contributed by atoms with E-state index in [1.54, 1.807) is 11.3 Å². The van der Waals surface area contributed by atoms with Gasteiger partial charge >= 0.3 is 0 Å². The molecule has 0 atom stereocenters. The smallest absolute Gasteiger partial charge is 0.195 e. The lowest BCUT2D eigenvalue weighted by atomic mass is 10.2. The molecular weight excluding hydrogens is 280 g/mol. The summed E-state index contributed by atoms with van der Waals surface area (Å²) in [5.74, 6) is 1.86. The van der Waals surface area contributed by atoms with Crippen LogP contribution in [0.2, 0.25) is 0 Å². The minimum absolute atomic E-state index is 0.425. The molecule has 0 aliphatic carbocycles. The second-order valence-corrected chi connectivity index (χ2v) is 5.96. The summed E-state index contributed by atoms with van der Waals surface area (Å²) in [6.07, 6.45) is 2.49. The first-order valence-corrected chi connectivity index (χ1v) is 7.71. The highest BCUT2D eigenvalue weighted by Gasteiger charge is 2.18.